The van der Waals surface area contributed by atoms with Gasteiger partial charge in [-0.2, -0.15) is 0 Å². The molecular formula is C33H25NO. The van der Waals surface area contributed by atoms with Gasteiger partial charge in [-0.25, -0.2) is 0 Å². The highest BCUT2D eigenvalue weighted by Gasteiger charge is 2.38. The van der Waals surface area contributed by atoms with Gasteiger partial charge in [0.25, 0.3) is 0 Å². The number of furan rings is 1. The second-order valence-corrected chi connectivity index (χ2v) is 9.82. The summed E-state index contributed by atoms with van der Waals surface area (Å²) < 4.78 is 6.28. The van der Waals surface area contributed by atoms with Crippen LogP contribution >= 0.6 is 0 Å². The molecule has 7 rings (SSSR count). The van der Waals surface area contributed by atoms with Crippen molar-refractivity contribution in [3.05, 3.63) is 126 Å². The summed E-state index contributed by atoms with van der Waals surface area (Å²) in [6, 6.07) is 41.0. The smallest absolute Gasteiger partial charge is 0.135 e. The van der Waals surface area contributed by atoms with Gasteiger partial charge in [-0.05, 0) is 65.2 Å². The van der Waals surface area contributed by atoms with E-state index in [1.165, 1.54) is 33.3 Å². The van der Waals surface area contributed by atoms with E-state index in [2.05, 4.69) is 128 Å². The minimum Gasteiger partial charge on any atom is -0.456 e. The van der Waals surface area contributed by atoms with Crippen LogP contribution in [-0.2, 0) is 5.41 Å². The van der Waals surface area contributed by atoms with E-state index in [9.17, 15) is 0 Å². The number of benzene rings is 5. The van der Waals surface area contributed by atoms with E-state index >= 15 is 0 Å². The van der Waals surface area contributed by atoms with Gasteiger partial charge < -0.3 is 9.32 Å². The zero-order valence-corrected chi connectivity index (χ0v) is 19.8. The van der Waals surface area contributed by atoms with Crippen molar-refractivity contribution in [2.75, 3.05) is 4.90 Å². The van der Waals surface area contributed by atoms with E-state index in [4.69, 9.17) is 4.42 Å². The number of fused-ring (bicyclic) bond motifs is 6. The molecule has 1 heterocycles. The third-order valence-electron chi connectivity index (χ3n) is 7.45. The predicted molar refractivity (Wildman–Crippen MR) is 146 cm³/mol. The Morgan fingerprint density at radius 3 is 1.94 bits per heavy atom. The first-order valence-electron chi connectivity index (χ1n) is 12.1. The first-order chi connectivity index (χ1) is 17.1. The van der Waals surface area contributed by atoms with Gasteiger partial charge in [0.15, 0.2) is 0 Å². The Hall–Kier alpha value is -4.30. The van der Waals surface area contributed by atoms with Gasteiger partial charge in [-0.3, -0.25) is 0 Å². The van der Waals surface area contributed by atoms with Crippen molar-refractivity contribution in [2.24, 2.45) is 0 Å². The maximum atomic E-state index is 6.28. The standard InChI is InChI=1S/C33H25NO/c1-33(2)27-17-11-18-29(34(22-12-5-3-6-13-22)23-14-7-4-8-15-23)32(27)26-20-25-24-16-9-10-19-30(24)35-31(25)21-28(26)33/h3-21H,1-2H3. The van der Waals surface area contributed by atoms with Gasteiger partial charge in [0.2, 0.25) is 0 Å². The van der Waals surface area contributed by atoms with Crippen LogP contribution < -0.4 is 4.90 Å². The first-order valence-corrected chi connectivity index (χ1v) is 12.1. The molecule has 35 heavy (non-hydrogen) atoms. The average Bonchev–Trinajstić information content (AvgIpc) is 3.37. The van der Waals surface area contributed by atoms with Crippen molar-refractivity contribution in [2.45, 2.75) is 19.3 Å². The van der Waals surface area contributed by atoms with Crippen molar-refractivity contribution < 1.29 is 4.42 Å². The molecule has 0 saturated carbocycles. The van der Waals surface area contributed by atoms with Crippen LogP contribution in [0.1, 0.15) is 25.0 Å². The summed E-state index contributed by atoms with van der Waals surface area (Å²) in [6.45, 7) is 4.65. The molecule has 0 saturated heterocycles. The van der Waals surface area contributed by atoms with Crippen molar-refractivity contribution in [1.82, 2.24) is 0 Å². The van der Waals surface area contributed by atoms with Crippen molar-refractivity contribution >= 4 is 39.0 Å². The highest BCUT2D eigenvalue weighted by Crippen LogP contribution is 2.55. The van der Waals surface area contributed by atoms with Gasteiger partial charge in [0.1, 0.15) is 11.2 Å². The van der Waals surface area contributed by atoms with Crippen LogP contribution in [0.5, 0.6) is 0 Å². The van der Waals surface area contributed by atoms with Crippen LogP contribution in [0.25, 0.3) is 33.1 Å². The van der Waals surface area contributed by atoms with Crippen LogP contribution in [0, 0.1) is 0 Å². The van der Waals surface area contributed by atoms with E-state index in [-0.39, 0.29) is 5.41 Å². The molecule has 0 atom stereocenters. The summed E-state index contributed by atoms with van der Waals surface area (Å²) in [5.74, 6) is 0. The molecule has 0 spiro atoms. The zero-order valence-electron chi connectivity index (χ0n) is 19.8. The Bertz CT molecular complexity index is 1670. The van der Waals surface area contributed by atoms with E-state index in [1.54, 1.807) is 0 Å². The highest BCUT2D eigenvalue weighted by molar-refractivity contribution is 6.09. The molecule has 0 unspecified atom stereocenters. The SMILES string of the molecule is CC1(C)c2cc3oc4ccccc4c3cc2-c2c(N(c3ccccc3)c3ccccc3)cccc21. The molecule has 0 radical (unpaired) electrons. The Balaban J connectivity index is 1.55. The molecular weight excluding hydrogens is 426 g/mol. The molecule has 1 aromatic heterocycles. The molecule has 5 aromatic carbocycles. The van der Waals surface area contributed by atoms with Gasteiger partial charge in [-0.15, -0.1) is 0 Å². The lowest BCUT2D eigenvalue weighted by atomic mass is 9.82. The second-order valence-electron chi connectivity index (χ2n) is 9.82. The molecule has 0 fully saturated rings. The van der Waals surface area contributed by atoms with Crippen molar-refractivity contribution in [1.29, 1.82) is 0 Å². The Morgan fingerprint density at radius 2 is 1.23 bits per heavy atom. The van der Waals surface area contributed by atoms with Crippen LogP contribution in [-0.4, -0.2) is 0 Å². The Kier molecular flexibility index (Phi) is 4.22. The molecule has 0 N–H and O–H groups in total. The summed E-state index contributed by atoms with van der Waals surface area (Å²) in [5, 5.41) is 2.33. The highest BCUT2D eigenvalue weighted by atomic mass is 16.3. The summed E-state index contributed by atoms with van der Waals surface area (Å²) in [4.78, 5) is 2.38. The zero-order chi connectivity index (χ0) is 23.6. The number of hydrogen-bond acceptors (Lipinski definition) is 2. The largest absolute Gasteiger partial charge is 0.456 e. The predicted octanol–water partition coefficient (Wildman–Crippen LogP) is 9.36. The topological polar surface area (TPSA) is 16.4 Å². The summed E-state index contributed by atoms with van der Waals surface area (Å²) in [6.07, 6.45) is 0. The fourth-order valence-electron chi connectivity index (χ4n) is 5.75. The fourth-order valence-corrected chi connectivity index (χ4v) is 5.75. The Labute approximate surface area is 205 Å². The molecule has 0 amide bonds. The minimum atomic E-state index is -0.132. The third-order valence-corrected chi connectivity index (χ3v) is 7.45. The van der Waals surface area contributed by atoms with Gasteiger partial charge in [0.05, 0.1) is 5.69 Å². The quantitative estimate of drug-likeness (QED) is 0.266. The molecule has 0 aliphatic heterocycles. The van der Waals surface area contributed by atoms with E-state index in [0.29, 0.717) is 0 Å². The Morgan fingerprint density at radius 1 is 0.571 bits per heavy atom. The minimum absolute atomic E-state index is 0.132. The number of hydrogen-bond donors (Lipinski definition) is 0. The fraction of sp³-hybridized carbons (Fsp3) is 0.0909. The maximum absolute atomic E-state index is 6.28. The van der Waals surface area contributed by atoms with E-state index in [1.807, 2.05) is 6.07 Å². The van der Waals surface area contributed by atoms with Gasteiger partial charge in [0, 0.05) is 33.1 Å². The van der Waals surface area contributed by atoms with Gasteiger partial charge >= 0.3 is 0 Å². The lowest BCUT2D eigenvalue weighted by Gasteiger charge is -2.28. The number of rotatable bonds is 3. The summed E-state index contributed by atoms with van der Waals surface area (Å²) in [5.41, 5.74) is 10.5. The molecule has 0 bridgehead atoms. The van der Waals surface area contributed by atoms with Crippen LogP contribution in [0.15, 0.2) is 120 Å². The normalized spacial score (nSPS) is 13.7. The van der Waals surface area contributed by atoms with Crippen molar-refractivity contribution in [3.63, 3.8) is 0 Å². The lowest BCUT2D eigenvalue weighted by Crippen LogP contribution is -2.16. The van der Waals surface area contributed by atoms with E-state index < -0.39 is 0 Å². The number of para-hydroxylation sites is 3. The van der Waals surface area contributed by atoms with Gasteiger partial charge in [-0.1, -0.05) is 80.6 Å². The molecule has 2 heteroatoms. The third kappa shape index (κ3) is 2.90. The lowest BCUT2D eigenvalue weighted by molar-refractivity contribution is 0.647. The molecule has 6 aromatic rings. The molecule has 2 nitrogen and oxygen atoms in total. The summed E-state index contributed by atoms with van der Waals surface area (Å²) >= 11 is 0. The molecule has 168 valence electrons. The summed E-state index contributed by atoms with van der Waals surface area (Å²) in [7, 11) is 0. The second kappa shape index (κ2) is 7.35. The molecule has 1 aliphatic carbocycles. The van der Waals surface area contributed by atoms with Crippen molar-refractivity contribution in [3.8, 4) is 11.1 Å². The maximum Gasteiger partial charge on any atom is 0.135 e. The molecule has 1 aliphatic rings. The number of anilines is 3. The average molecular weight is 452 g/mol. The van der Waals surface area contributed by atoms with Crippen LogP contribution in [0.2, 0.25) is 0 Å². The number of nitrogens with zero attached hydrogens (tertiary/aromatic N) is 1. The van der Waals surface area contributed by atoms with E-state index in [0.717, 1.165) is 27.9 Å². The van der Waals surface area contributed by atoms with Crippen LogP contribution in [0.4, 0.5) is 17.1 Å². The monoisotopic (exact) mass is 451 g/mol. The first kappa shape index (κ1) is 20.1. The van der Waals surface area contributed by atoms with Crippen LogP contribution in [0.3, 0.4) is 0 Å².